The molecule has 1 aromatic heterocycles. The Bertz CT molecular complexity index is 889. The minimum Gasteiger partial charge on any atom is -0.497 e. The first-order valence-electron chi connectivity index (χ1n) is 8.65. The van der Waals surface area contributed by atoms with E-state index in [2.05, 4.69) is 15.6 Å². The lowest BCUT2D eigenvalue weighted by molar-refractivity contribution is -0.126. The lowest BCUT2D eigenvalue weighted by Gasteiger charge is -2.07. The molecule has 3 aromatic rings. The molecule has 0 spiro atoms. The highest BCUT2D eigenvalue weighted by Crippen LogP contribution is 2.22. The van der Waals surface area contributed by atoms with Crippen LogP contribution in [0.3, 0.4) is 0 Å². The van der Waals surface area contributed by atoms with Crippen LogP contribution in [-0.4, -0.2) is 30.5 Å². The topological polar surface area (TPSA) is 80.3 Å². The van der Waals surface area contributed by atoms with E-state index in [4.69, 9.17) is 4.74 Å². The Morgan fingerprint density at radius 1 is 1.04 bits per heavy atom. The van der Waals surface area contributed by atoms with E-state index >= 15 is 0 Å². The predicted octanol–water partition coefficient (Wildman–Crippen LogP) is 2.67. The normalized spacial score (nSPS) is 10.6. The monoisotopic (exact) mass is 383 g/mol. The quantitative estimate of drug-likeness (QED) is 0.627. The number of fused-ring (bicyclic) bond motifs is 1. The predicted molar refractivity (Wildman–Crippen MR) is 106 cm³/mol. The molecule has 0 saturated heterocycles. The Morgan fingerprint density at radius 2 is 1.81 bits per heavy atom. The van der Waals surface area contributed by atoms with Crippen LogP contribution in [-0.2, 0) is 22.6 Å². The van der Waals surface area contributed by atoms with E-state index in [0.717, 1.165) is 26.5 Å². The van der Waals surface area contributed by atoms with Crippen LogP contribution in [0.5, 0.6) is 5.75 Å². The van der Waals surface area contributed by atoms with E-state index < -0.39 is 0 Å². The lowest BCUT2D eigenvalue weighted by Crippen LogP contribution is -2.36. The van der Waals surface area contributed by atoms with Gasteiger partial charge in [0.25, 0.3) is 0 Å². The van der Waals surface area contributed by atoms with Crippen molar-refractivity contribution >= 4 is 33.4 Å². The molecule has 1 heterocycles. The third-order valence-electron chi connectivity index (χ3n) is 4.00. The van der Waals surface area contributed by atoms with Crippen LogP contribution in [0, 0.1) is 0 Å². The minimum absolute atomic E-state index is 0.0329. The molecule has 2 N–H and O–H groups in total. The summed E-state index contributed by atoms with van der Waals surface area (Å²) in [6, 6.07) is 15.3. The molecule has 0 fully saturated rings. The SMILES string of the molecule is COc1ccc(CNC(=O)CNC(=O)CCc2nc3ccccc3s2)cc1. The number of aryl methyl sites for hydroxylation is 1. The van der Waals surface area contributed by atoms with Crippen molar-refractivity contribution in [3.63, 3.8) is 0 Å². The van der Waals surface area contributed by atoms with Crippen molar-refractivity contribution < 1.29 is 14.3 Å². The van der Waals surface area contributed by atoms with E-state index in [0.29, 0.717) is 19.4 Å². The number of thiazole rings is 1. The maximum absolute atomic E-state index is 12.0. The number of nitrogens with zero attached hydrogens (tertiary/aromatic N) is 1. The Morgan fingerprint density at radius 3 is 2.56 bits per heavy atom. The van der Waals surface area contributed by atoms with Crippen molar-refractivity contribution in [2.24, 2.45) is 0 Å². The summed E-state index contributed by atoms with van der Waals surface area (Å²) in [7, 11) is 1.61. The van der Waals surface area contributed by atoms with Crippen LogP contribution in [0.1, 0.15) is 17.0 Å². The zero-order chi connectivity index (χ0) is 19.1. The first kappa shape index (κ1) is 18.8. The Labute approximate surface area is 161 Å². The fourth-order valence-electron chi connectivity index (χ4n) is 2.52. The Kier molecular flexibility index (Phi) is 6.38. The van der Waals surface area contributed by atoms with E-state index in [1.54, 1.807) is 18.4 Å². The summed E-state index contributed by atoms with van der Waals surface area (Å²) < 4.78 is 6.21. The number of benzene rings is 2. The van der Waals surface area contributed by atoms with Gasteiger partial charge in [0.05, 0.1) is 28.9 Å². The van der Waals surface area contributed by atoms with Crippen LogP contribution in [0.4, 0.5) is 0 Å². The summed E-state index contributed by atoms with van der Waals surface area (Å²) in [5.41, 5.74) is 1.92. The molecule has 140 valence electrons. The maximum Gasteiger partial charge on any atom is 0.239 e. The fourth-order valence-corrected chi connectivity index (χ4v) is 3.49. The molecule has 27 heavy (non-hydrogen) atoms. The summed E-state index contributed by atoms with van der Waals surface area (Å²) >= 11 is 1.59. The van der Waals surface area contributed by atoms with Gasteiger partial charge in [-0.1, -0.05) is 24.3 Å². The standard InChI is InChI=1S/C20H21N3O3S/c1-26-15-8-6-14(7-9-15)12-21-19(25)13-22-18(24)10-11-20-23-16-4-2-3-5-17(16)27-20/h2-9H,10-13H2,1H3,(H,21,25)(H,22,24). The van der Waals surface area contributed by atoms with Crippen LogP contribution < -0.4 is 15.4 Å². The highest BCUT2D eigenvalue weighted by atomic mass is 32.1. The number of hydrogen-bond donors (Lipinski definition) is 2. The van der Waals surface area contributed by atoms with E-state index in [9.17, 15) is 9.59 Å². The lowest BCUT2D eigenvalue weighted by atomic mass is 10.2. The average Bonchev–Trinajstić information content (AvgIpc) is 3.12. The van der Waals surface area contributed by atoms with Gasteiger partial charge in [-0.2, -0.15) is 0 Å². The molecule has 0 radical (unpaired) electrons. The van der Waals surface area contributed by atoms with Crippen LogP contribution in [0.2, 0.25) is 0 Å². The molecule has 0 unspecified atom stereocenters. The number of hydrogen-bond acceptors (Lipinski definition) is 5. The molecule has 7 heteroatoms. The van der Waals surface area contributed by atoms with Gasteiger partial charge >= 0.3 is 0 Å². The number of ether oxygens (including phenoxy) is 1. The van der Waals surface area contributed by atoms with Gasteiger partial charge in [-0.15, -0.1) is 11.3 Å². The van der Waals surface area contributed by atoms with Crippen molar-refractivity contribution in [1.29, 1.82) is 0 Å². The number of carbonyl (C=O) groups excluding carboxylic acids is 2. The van der Waals surface area contributed by atoms with Gasteiger partial charge in [0.15, 0.2) is 0 Å². The largest absolute Gasteiger partial charge is 0.497 e. The number of rotatable bonds is 8. The van der Waals surface area contributed by atoms with E-state index in [1.165, 1.54) is 0 Å². The van der Waals surface area contributed by atoms with Crippen molar-refractivity contribution in [3.8, 4) is 5.75 Å². The molecule has 3 rings (SSSR count). The minimum atomic E-state index is -0.223. The second kappa shape index (κ2) is 9.14. The summed E-state index contributed by atoms with van der Waals surface area (Å²) in [6.07, 6.45) is 0.879. The molecule has 0 aliphatic rings. The molecule has 0 aliphatic heterocycles. The molecule has 0 aliphatic carbocycles. The van der Waals surface area contributed by atoms with Crippen molar-refractivity contribution in [2.75, 3.05) is 13.7 Å². The summed E-state index contributed by atoms with van der Waals surface area (Å²) in [5.74, 6) is 0.387. The first-order chi connectivity index (χ1) is 13.1. The fraction of sp³-hybridized carbons (Fsp3) is 0.250. The van der Waals surface area contributed by atoms with Gasteiger partial charge in [-0.3, -0.25) is 9.59 Å². The third kappa shape index (κ3) is 5.52. The second-order valence-electron chi connectivity index (χ2n) is 5.98. The Hall–Kier alpha value is -2.93. The molecular weight excluding hydrogens is 362 g/mol. The number of aromatic nitrogens is 1. The van der Waals surface area contributed by atoms with Crippen molar-refractivity contribution in [2.45, 2.75) is 19.4 Å². The van der Waals surface area contributed by atoms with E-state index in [1.807, 2.05) is 48.5 Å². The van der Waals surface area contributed by atoms with Gasteiger partial charge < -0.3 is 15.4 Å². The number of para-hydroxylation sites is 1. The second-order valence-corrected chi connectivity index (χ2v) is 7.09. The number of nitrogens with one attached hydrogen (secondary N) is 2. The highest BCUT2D eigenvalue weighted by Gasteiger charge is 2.08. The molecule has 0 atom stereocenters. The number of methoxy groups -OCH3 is 1. The summed E-state index contributed by atoms with van der Waals surface area (Å²) in [5, 5.41) is 6.35. The zero-order valence-electron chi connectivity index (χ0n) is 15.0. The molecule has 2 amide bonds. The van der Waals surface area contributed by atoms with Gasteiger partial charge in [-0.05, 0) is 29.8 Å². The number of amides is 2. The Balaban J connectivity index is 1.37. The highest BCUT2D eigenvalue weighted by molar-refractivity contribution is 7.18. The van der Waals surface area contributed by atoms with E-state index in [-0.39, 0.29) is 18.4 Å². The van der Waals surface area contributed by atoms with Crippen molar-refractivity contribution in [1.82, 2.24) is 15.6 Å². The summed E-state index contributed by atoms with van der Waals surface area (Å²) in [4.78, 5) is 28.3. The maximum atomic E-state index is 12.0. The smallest absolute Gasteiger partial charge is 0.239 e. The first-order valence-corrected chi connectivity index (χ1v) is 9.46. The van der Waals surface area contributed by atoms with Crippen LogP contribution in [0.25, 0.3) is 10.2 Å². The van der Waals surface area contributed by atoms with Gasteiger partial charge in [0.1, 0.15) is 5.75 Å². The molecule has 6 nitrogen and oxygen atoms in total. The average molecular weight is 383 g/mol. The summed E-state index contributed by atoms with van der Waals surface area (Å²) in [6.45, 7) is 0.374. The zero-order valence-corrected chi connectivity index (χ0v) is 15.8. The molecule has 0 bridgehead atoms. The third-order valence-corrected chi connectivity index (χ3v) is 5.10. The van der Waals surface area contributed by atoms with Crippen LogP contribution >= 0.6 is 11.3 Å². The van der Waals surface area contributed by atoms with Gasteiger partial charge in [0, 0.05) is 19.4 Å². The molecule has 0 saturated carbocycles. The van der Waals surface area contributed by atoms with Gasteiger partial charge in [0.2, 0.25) is 11.8 Å². The van der Waals surface area contributed by atoms with Crippen LogP contribution in [0.15, 0.2) is 48.5 Å². The molecule has 2 aromatic carbocycles. The van der Waals surface area contributed by atoms with Gasteiger partial charge in [-0.25, -0.2) is 4.98 Å². The number of carbonyl (C=O) groups is 2. The molecular formula is C20H21N3O3S. The van der Waals surface area contributed by atoms with Crippen molar-refractivity contribution in [3.05, 3.63) is 59.1 Å².